The van der Waals surface area contributed by atoms with E-state index in [-0.39, 0.29) is 11.2 Å². The Morgan fingerprint density at radius 3 is 3.08 bits per heavy atom. The van der Waals surface area contributed by atoms with Crippen molar-refractivity contribution in [3.63, 3.8) is 0 Å². The predicted octanol–water partition coefficient (Wildman–Crippen LogP) is 1.10. The fraction of sp³-hybridized carbons (Fsp3) is 0.429. The van der Waals surface area contributed by atoms with Crippen molar-refractivity contribution < 1.29 is 4.79 Å². The van der Waals surface area contributed by atoms with Gasteiger partial charge in [-0.15, -0.1) is 0 Å². The molecule has 1 heterocycles. The highest BCUT2D eigenvalue weighted by atomic mass is 32.2. The minimum absolute atomic E-state index is 0.00361. The molecule has 12 heavy (non-hydrogen) atoms. The Hall–Kier alpha value is -0.970. The summed E-state index contributed by atoms with van der Waals surface area (Å²) in [4.78, 5) is 11.3. The van der Waals surface area contributed by atoms with Crippen molar-refractivity contribution in [1.82, 2.24) is 10.2 Å². The van der Waals surface area contributed by atoms with E-state index in [9.17, 15) is 4.79 Å². The van der Waals surface area contributed by atoms with E-state index in [0.29, 0.717) is 5.69 Å². The van der Waals surface area contributed by atoms with E-state index >= 15 is 0 Å². The van der Waals surface area contributed by atoms with Gasteiger partial charge in [-0.05, 0) is 13.2 Å². The van der Waals surface area contributed by atoms with Crippen LogP contribution in [-0.2, 0) is 4.79 Å². The lowest BCUT2D eigenvalue weighted by Crippen LogP contribution is -2.21. The summed E-state index contributed by atoms with van der Waals surface area (Å²) in [5, 5.41) is 9.03. The standard InChI is InChI=1S/C7H11N3OS/c1-5(12-2)7(11)10-6-3-8-9-4-6/h3-5H,1-2H3,(H,8,9)(H,10,11). The summed E-state index contributed by atoms with van der Waals surface area (Å²) >= 11 is 1.51. The maximum atomic E-state index is 11.3. The van der Waals surface area contributed by atoms with Gasteiger partial charge in [-0.1, -0.05) is 0 Å². The molecule has 1 atom stereocenters. The molecule has 0 aliphatic heterocycles. The summed E-state index contributed by atoms with van der Waals surface area (Å²) in [6.45, 7) is 1.86. The molecule has 0 fully saturated rings. The second kappa shape index (κ2) is 4.15. The third-order valence-corrected chi connectivity index (χ3v) is 2.41. The first-order chi connectivity index (χ1) is 5.74. The Kier molecular flexibility index (Phi) is 3.16. The van der Waals surface area contributed by atoms with E-state index in [1.165, 1.54) is 11.8 Å². The van der Waals surface area contributed by atoms with Crippen LogP contribution in [0.15, 0.2) is 12.4 Å². The zero-order valence-electron chi connectivity index (χ0n) is 7.00. The number of nitrogens with one attached hydrogen (secondary N) is 2. The van der Waals surface area contributed by atoms with Gasteiger partial charge in [-0.3, -0.25) is 9.89 Å². The molecule has 0 aliphatic rings. The molecule has 0 saturated heterocycles. The van der Waals surface area contributed by atoms with Crippen molar-refractivity contribution in [3.8, 4) is 0 Å². The van der Waals surface area contributed by atoms with Crippen LogP contribution in [0, 0.1) is 0 Å². The van der Waals surface area contributed by atoms with Gasteiger partial charge >= 0.3 is 0 Å². The maximum Gasteiger partial charge on any atom is 0.237 e. The van der Waals surface area contributed by atoms with Crippen molar-refractivity contribution in [3.05, 3.63) is 12.4 Å². The van der Waals surface area contributed by atoms with E-state index in [1.807, 2.05) is 13.2 Å². The average Bonchev–Trinajstić information content (AvgIpc) is 2.55. The summed E-state index contributed by atoms with van der Waals surface area (Å²) in [7, 11) is 0. The van der Waals surface area contributed by atoms with Crippen LogP contribution in [0.1, 0.15) is 6.92 Å². The molecule has 0 aromatic carbocycles. The van der Waals surface area contributed by atoms with Gasteiger partial charge in [0.25, 0.3) is 0 Å². The number of aromatic nitrogens is 2. The molecule has 4 nitrogen and oxygen atoms in total. The fourth-order valence-corrected chi connectivity index (χ4v) is 0.943. The molecule has 5 heteroatoms. The van der Waals surface area contributed by atoms with E-state index in [2.05, 4.69) is 15.5 Å². The largest absolute Gasteiger partial charge is 0.322 e. The summed E-state index contributed by atoms with van der Waals surface area (Å²) < 4.78 is 0. The Bertz CT molecular complexity index is 247. The van der Waals surface area contributed by atoms with Crippen LogP contribution in [-0.4, -0.2) is 27.6 Å². The Morgan fingerprint density at radius 2 is 2.58 bits per heavy atom. The van der Waals surface area contributed by atoms with Crippen molar-refractivity contribution in [2.24, 2.45) is 0 Å². The lowest BCUT2D eigenvalue weighted by atomic mass is 10.4. The highest BCUT2D eigenvalue weighted by Gasteiger charge is 2.10. The third-order valence-electron chi connectivity index (χ3n) is 1.49. The van der Waals surface area contributed by atoms with Crippen molar-refractivity contribution >= 4 is 23.4 Å². The zero-order chi connectivity index (χ0) is 8.97. The smallest absolute Gasteiger partial charge is 0.237 e. The zero-order valence-corrected chi connectivity index (χ0v) is 7.81. The van der Waals surface area contributed by atoms with Crippen LogP contribution in [0.2, 0.25) is 0 Å². The normalized spacial score (nSPS) is 12.5. The van der Waals surface area contributed by atoms with Gasteiger partial charge < -0.3 is 5.32 Å². The van der Waals surface area contributed by atoms with Crippen LogP contribution >= 0.6 is 11.8 Å². The first-order valence-corrected chi connectivity index (χ1v) is 4.85. The van der Waals surface area contributed by atoms with Crippen molar-refractivity contribution in [2.45, 2.75) is 12.2 Å². The molecular weight excluding hydrogens is 174 g/mol. The topological polar surface area (TPSA) is 57.8 Å². The minimum atomic E-state index is -0.0279. The van der Waals surface area contributed by atoms with Crippen LogP contribution in [0.3, 0.4) is 0 Å². The van der Waals surface area contributed by atoms with E-state index in [0.717, 1.165) is 0 Å². The molecule has 1 rings (SSSR count). The minimum Gasteiger partial charge on any atom is -0.322 e. The molecule has 0 bridgehead atoms. The highest BCUT2D eigenvalue weighted by molar-refractivity contribution is 7.99. The van der Waals surface area contributed by atoms with Crippen LogP contribution in [0.25, 0.3) is 0 Å². The Labute approximate surface area is 75.1 Å². The van der Waals surface area contributed by atoms with Crippen LogP contribution in [0.4, 0.5) is 5.69 Å². The second-order valence-corrected chi connectivity index (χ2v) is 3.53. The van der Waals surface area contributed by atoms with Gasteiger partial charge in [0, 0.05) is 6.20 Å². The number of carbonyl (C=O) groups excluding carboxylic acids is 1. The van der Waals surface area contributed by atoms with Crippen molar-refractivity contribution in [2.75, 3.05) is 11.6 Å². The quantitative estimate of drug-likeness (QED) is 0.741. The number of rotatable bonds is 3. The number of H-pyrrole nitrogens is 1. The summed E-state index contributed by atoms with van der Waals surface area (Å²) in [6.07, 6.45) is 5.12. The molecule has 1 aromatic rings. The lowest BCUT2D eigenvalue weighted by molar-refractivity contribution is -0.115. The first-order valence-electron chi connectivity index (χ1n) is 3.56. The SMILES string of the molecule is CSC(C)C(=O)Nc1cn[nH]c1. The number of thioether (sulfide) groups is 1. The third kappa shape index (κ3) is 2.27. The molecule has 0 saturated carbocycles. The van der Waals surface area contributed by atoms with E-state index < -0.39 is 0 Å². The molecule has 0 radical (unpaired) electrons. The number of anilines is 1. The Balaban J connectivity index is 2.47. The van der Waals surface area contributed by atoms with Gasteiger partial charge in [0.05, 0.1) is 17.1 Å². The molecule has 66 valence electrons. The maximum absolute atomic E-state index is 11.3. The number of nitrogens with zero attached hydrogens (tertiary/aromatic N) is 1. The summed E-state index contributed by atoms with van der Waals surface area (Å²) in [5.74, 6) is 0.00361. The van der Waals surface area contributed by atoms with Gasteiger partial charge in [-0.25, -0.2) is 0 Å². The summed E-state index contributed by atoms with van der Waals surface area (Å²) in [6, 6.07) is 0. The van der Waals surface area contributed by atoms with Gasteiger partial charge in [0.2, 0.25) is 5.91 Å². The molecule has 2 N–H and O–H groups in total. The fourth-order valence-electron chi connectivity index (χ4n) is 0.670. The van der Waals surface area contributed by atoms with Crippen molar-refractivity contribution in [1.29, 1.82) is 0 Å². The van der Waals surface area contributed by atoms with Gasteiger partial charge in [-0.2, -0.15) is 16.9 Å². The number of carbonyl (C=O) groups is 1. The molecule has 1 aromatic heterocycles. The number of amides is 1. The van der Waals surface area contributed by atoms with E-state index in [1.54, 1.807) is 12.4 Å². The Morgan fingerprint density at radius 1 is 1.83 bits per heavy atom. The highest BCUT2D eigenvalue weighted by Crippen LogP contribution is 2.09. The van der Waals surface area contributed by atoms with Gasteiger partial charge in [0.15, 0.2) is 0 Å². The van der Waals surface area contributed by atoms with Gasteiger partial charge in [0.1, 0.15) is 0 Å². The summed E-state index contributed by atoms with van der Waals surface area (Å²) in [5.41, 5.74) is 0.709. The van der Waals surface area contributed by atoms with Crippen LogP contribution < -0.4 is 5.32 Å². The first kappa shape index (κ1) is 9.12. The molecule has 0 spiro atoms. The number of aromatic amines is 1. The molecular formula is C7H11N3OS. The molecule has 1 unspecified atom stereocenters. The lowest BCUT2D eigenvalue weighted by Gasteiger charge is -2.06. The number of hydrogen-bond acceptors (Lipinski definition) is 3. The molecule has 1 amide bonds. The van der Waals surface area contributed by atoms with E-state index in [4.69, 9.17) is 0 Å². The monoisotopic (exact) mass is 185 g/mol. The van der Waals surface area contributed by atoms with Crippen LogP contribution in [0.5, 0.6) is 0 Å². The number of hydrogen-bond donors (Lipinski definition) is 2. The predicted molar refractivity (Wildman–Crippen MR) is 50.2 cm³/mol. The molecule has 0 aliphatic carbocycles. The second-order valence-electron chi connectivity index (χ2n) is 2.35. The average molecular weight is 185 g/mol.